The van der Waals surface area contributed by atoms with E-state index < -0.39 is 0 Å². The van der Waals surface area contributed by atoms with Crippen LogP contribution in [0.5, 0.6) is 5.75 Å². The van der Waals surface area contributed by atoms with Gasteiger partial charge in [0.2, 0.25) is 0 Å². The Balaban J connectivity index is 2.81. The molecule has 0 aliphatic rings. The summed E-state index contributed by atoms with van der Waals surface area (Å²) in [6, 6.07) is 4.17. The van der Waals surface area contributed by atoms with E-state index in [2.05, 4.69) is 40.3 Å². The first-order chi connectivity index (χ1) is 6.77. The van der Waals surface area contributed by atoms with E-state index in [1.807, 2.05) is 6.07 Å². The Bertz CT molecular complexity index is 464. The molecule has 4 heteroatoms. The van der Waals surface area contributed by atoms with E-state index in [0.717, 1.165) is 5.75 Å². The topological polar surface area (TPSA) is 9.23 Å². The molecule has 74 valence electrons. The van der Waals surface area contributed by atoms with E-state index in [1.165, 1.54) is 18.6 Å². The molecule has 1 heterocycles. The molecule has 0 bridgehead atoms. The molecule has 14 heavy (non-hydrogen) atoms. The molecule has 2 rings (SSSR count). The number of halogens is 1. The summed E-state index contributed by atoms with van der Waals surface area (Å²) in [7, 11) is 1.72. The van der Waals surface area contributed by atoms with E-state index in [4.69, 9.17) is 4.74 Å². The van der Waals surface area contributed by atoms with Gasteiger partial charge < -0.3 is 4.74 Å². The number of thioether (sulfide) groups is 1. The molecule has 0 spiro atoms. The minimum Gasteiger partial charge on any atom is -0.496 e. The molecule has 1 nitrogen and oxygen atoms in total. The second-order valence-electron chi connectivity index (χ2n) is 2.76. The molecule has 0 aliphatic heterocycles. The summed E-state index contributed by atoms with van der Waals surface area (Å²) in [6.07, 6.45) is 2.10. The molecule has 0 atom stereocenters. The predicted octanol–water partition coefficient (Wildman–Crippen LogP) is 4.24. The van der Waals surface area contributed by atoms with Crippen molar-refractivity contribution >= 4 is 55.8 Å². The van der Waals surface area contributed by atoms with Crippen molar-refractivity contribution in [2.24, 2.45) is 0 Å². The van der Waals surface area contributed by atoms with Gasteiger partial charge in [-0.15, -0.1) is 23.1 Å². The fraction of sp³-hybridized carbons (Fsp3) is 0.200. The molecular weight excluding hydrogens is 327 g/mol. The van der Waals surface area contributed by atoms with Gasteiger partial charge in [0.25, 0.3) is 0 Å². The lowest BCUT2D eigenvalue weighted by Gasteiger charge is -2.05. The first-order valence-electron chi connectivity index (χ1n) is 4.05. The molecule has 1 aromatic carbocycles. The lowest BCUT2D eigenvalue weighted by Crippen LogP contribution is -1.84. The summed E-state index contributed by atoms with van der Waals surface area (Å²) in [4.78, 5) is 1.33. The van der Waals surface area contributed by atoms with Gasteiger partial charge in [-0.25, -0.2) is 0 Å². The van der Waals surface area contributed by atoms with Crippen LogP contribution in [0, 0.1) is 3.57 Å². The molecule has 2 aromatic rings. The Morgan fingerprint density at radius 2 is 2.21 bits per heavy atom. The molecule has 1 aromatic heterocycles. The number of hydrogen-bond donors (Lipinski definition) is 0. The molecular formula is C10H9IOS2. The highest BCUT2D eigenvalue weighted by atomic mass is 127. The van der Waals surface area contributed by atoms with Gasteiger partial charge >= 0.3 is 0 Å². The molecule has 0 amide bonds. The molecule has 0 saturated carbocycles. The maximum atomic E-state index is 5.36. The van der Waals surface area contributed by atoms with Gasteiger partial charge in [0.05, 0.1) is 11.8 Å². The van der Waals surface area contributed by atoms with Crippen molar-refractivity contribution in [1.82, 2.24) is 0 Å². The normalized spacial score (nSPS) is 10.8. The number of fused-ring (bicyclic) bond motifs is 1. The van der Waals surface area contributed by atoms with E-state index in [0.29, 0.717) is 0 Å². The molecule has 0 unspecified atom stereocenters. The van der Waals surface area contributed by atoms with Crippen LogP contribution >= 0.6 is 45.7 Å². The minimum atomic E-state index is 0.975. The highest BCUT2D eigenvalue weighted by Crippen LogP contribution is 2.39. The summed E-state index contributed by atoms with van der Waals surface area (Å²) >= 11 is 5.93. The number of thiophene rings is 1. The quantitative estimate of drug-likeness (QED) is 0.599. The molecule has 0 aliphatic carbocycles. The van der Waals surface area contributed by atoms with E-state index >= 15 is 0 Å². The van der Waals surface area contributed by atoms with Gasteiger partial charge in [-0.3, -0.25) is 0 Å². The largest absolute Gasteiger partial charge is 0.496 e. The van der Waals surface area contributed by atoms with Gasteiger partial charge in [0.1, 0.15) is 5.75 Å². The van der Waals surface area contributed by atoms with Crippen LogP contribution in [-0.4, -0.2) is 13.4 Å². The van der Waals surface area contributed by atoms with E-state index in [1.54, 1.807) is 30.2 Å². The van der Waals surface area contributed by atoms with E-state index in [9.17, 15) is 0 Å². The maximum Gasteiger partial charge on any atom is 0.128 e. The number of ether oxygens (including phenoxy) is 1. The summed E-state index contributed by atoms with van der Waals surface area (Å²) < 4.78 is 7.97. The lowest BCUT2D eigenvalue weighted by molar-refractivity contribution is 0.419. The van der Waals surface area contributed by atoms with Crippen molar-refractivity contribution in [2.75, 3.05) is 13.4 Å². The molecule has 0 N–H and O–H groups in total. The number of hydrogen-bond acceptors (Lipinski definition) is 3. The van der Waals surface area contributed by atoms with Crippen LogP contribution in [0.15, 0.2) is 22.4 Å². The summed E-state index contributed by atoms with van der Waals surface area (Å²) in [5, 5.41) is 3.43. The number of benzene rings is 1. The van der Waals surface area contributed by atoms with Gasteiger partial charge in [0.15, 0.2) is 0 Å². The fourth-order valence-electron chi connectivity index (χ4n) is 1.39. The van der Waals surface area contributed by atoms with Crippen LogP contribution in [0.1, 0.15) is 0 Å². The molecule has 0 saturated heterocycles. The van der Waals surface area contributed by atoms with Crippen LogP contribution in [0.3, 0.4) is 0 Å². The van der Waals surface area contributed by atoms with Crippen molar-refractivity contribution in [2.45, 2.75) is 4.90 Å². The summed E-state index contributed by atoms with van der Waals surface area (Å²) in [6.45, 7) is 0. The zero-order valence-corrected chi connectivity index (χ0v) is 11.6. The summed E-state index contributed by atoms with van der Waals surface area (Å²) in [5.74, 6) is 0.975. The van der Waals surface area contributed by atoms with E-state index in [-0.39, 0.29) is 0 Å². The monoisotopic (exact) mass is 336 g/mol. The lowest BCUT2D eigenvalue weighted by atomic mass is 10.2. The van der Waals surface area contributed by atoms with Crippen LogP contribution < -0.4 is 4.74 Å². The van der Waals surface area contributed by atoms with Gasteiger partial charge in [-0.1, -0.05) is 0 Å². The van der Waals surface area contributed by atoms with Crippen molar-refractivity contribution in [3.05, 3.63) is 21.1 Å². The van der Waals surface area contributed by atoms with Crippen LogP contribution in [0.4, 0.5) is 0 Å². The standard InChI is InChI=1S/C10H9IOS2/c1-12-7-3-4-8(13-2)10-9(7)6(11)5-14-10/h3-5H,1-2H3. The maximum absolute atomic E-state index is 5.36. The third-order valence-corrected chi connectivity index (χ3v) is 5.24. The Kier molecular flexibility index (Phi) is 3.23. The zero-order valence-electron chi connectivity index (χ0n) is 7.83. The first kappa shape index (κ1) is 10.6. The fourth-order valence-corrected chi connectivity index (χ4v) is 4.23. The third kappa shape index (κ3) is 1.63. The Hall–Kier alpha value is 0.0600. The van der Waals surface area contributed by atoms with Crippen LogP contribution in [-0.2, 0) is 0 Å². The van der Waals surface area contributed by atoms with Gasteiger partial charge in [-0.05, 0) is 41.0 Å². The SMILES string of the molecule is COc1ccc(SC)c2scc(I)c12. The van der Waals surface area contributed by atoms with Crippen molar-refractivity contribution in [3.8, 4) is 5.75 Å². The number of rotatable bonds is 2. The Morgan fingerprint density at radius 3 is 2.86 bits per heavy atom. The van der Waals surface area contributed by atoms with Gasteiger partial charge in [0, 0.05) is 19.2 Å². The second kappa shape index (κ2) is 4.28. The van der Waals surface area contributed by atoms with Crippen molar-refractivity contribution < 1.29 is 4.74 Å². The van der Waals surface area contributed by atoms with Crippen LogP contribution in [0.25, 0.3) is 10.1 Å². The Morgan fingerprint density at radius 1 is 1.43 bits per heavy atom. The smallest absolute Gasteiger partial charge is 0.128 e. The average molecular weight is 336 g/mol. The first-order valence-corrected chi connectivity index (χ1v) is 7.24. The zero-order chi connectivity index (χ0) is 10.1. The predicted molar refractivity (Wildman–Crippen MR) is 72.9 cm³/mol. The minimum absolute atomic E-state index is 0.975. The highest BCUT2D eigenvalue weighted by Gasteiger charge is 2.10. The second-order valence-corrected chi connectivity index (χ2v) is 5.65. The highest BCUT2D eigenvalue weighted by molar-refractivity contribution is 14.1. The van der Waals surface area contributed by atoms with Crippen molar-refractivity contribution in [1.29, 1.82) is 0 Å². The Labute approximate surface area is 105 Å². The molecule has 0 radical (unpaired) electrons. The van der Waals surface area contributed by atoms with Gasteiger partial charge in [-0.2, -0.15) is 0 Å². The van der Waals surface area contributed by atoms with Crippen molar-refractivity contribution in [3.63, 3.8) is 0 Å². The molecule has 0 fully saturated rings. The van der Waals surface area contributed by atoms with Crippen LogP contribution in [0.2, 0.25) is 0 Å². The number of methoxy groups -OCH3 is 1. The third-order valence-electron chi connectivity index (χ3n) is 2.04. The summed E-state index contributed by atoms with van der Waals surface area (Å²) in [5.41, 5.74) is 0. The average Bonchev–Trinajstić information content (AvgIpc) is 2.60.